The maximum Gasteiger partial charge on any atom is 0.327 e. The first-order valence-corrected chi connectivity index (χ1v) is 8.39. The number of hydrogen-bond donors (Lipinski definition) is 2. The third-order valence-corrected chi connectivity index (χ3v) is 6.68. The van der Waals surface area contributed by atoms with Crippen molar-refractivity contribution in [2.24, 2.45) is 5.41 Å². The standard InChI is InChI=1S/C14H22N2O3S/c1-3-4-5-6-15-9-11(17)16-10(13(18)19)14(2)7-8(14)20-12(9)16/h8-10,12,15H,3-7H2,1-2H3,(H,18,19)/t8?,9?,10?,12-,14?/m0/s1. The third kappa shape index (κ3) is 1.96. The molecule has 1 aliphatic carbocycles. The number of carbonyl (C=O) groups is 2. The Morgan fingerprint density at radius 2 is 2.30 bits per heavy atom. The van der Waals surface area contributed by atoms with Gasteiger partial charge in [0.15, 0.2) is 0 Å². The molecule has 2 aliphatic heterocycles. The molecule has 20 heavy (non-hydrogen) atoms. The van der Waals surface area contributed by atoms with Crippen LogP contribution in [0.4, 0.5) is 0 Å². The fourth-order valence-electron chi connectivity index (χ4n) is 3.44. The number of aliphatic carboxylic acids is 1. The topological polar surface area (TPSA) is 69.6 Å². The van der Waals surface area contributed by atoms with Gasteiger partial charge in [-0.3, -0.25) is 4.79 Å². The van der Waals surface area contributed by atoms with E-state index in [-0.39, 0.29) is 22.7 Å². The number of hydrogen-bond acceptors (Lipinski definition) is 4. The lowest BCUT2D eigenvalue weighted by Gasteiger charge is -2.53. The molecule has 2 N–H and O–H groups in total. The number of nitrogens with zero attached hydrogens (tertiary/aromatic N) is 1. The van der Waals surface area contributed by atoms with Crippen LogP contribution in [-0.4, -0.2) is 51.1 Å². The summed E-state index contributed by atoms with van der Waals surface area (Å²) in [6, 6.07) is -0.802. The molecule has 0 radical (unpaired) electrons. The molecule has 0 aromatic heterocycles. The third-order valence-electron chi connectivity index (χ3n) is 4.87. The summed E-state index contributed by atoms with van der Waals surface area (Å²) < 4.78 is 0. The molecular formula is C14H22N2O3S. The van der Waals surface area contributed by atoms with Crippen LogP contribution in [0.3, 0.4) is 0 Å². The molecule has 2 heterocycles. The Morgan fingerprint density at radius 3 is 2.95 bits per heavy atom. The van der Waals surface area contributed by atoms with Crippen LogP contribution in [0.25, 0.3) is 0 Å². The molecule has 3 aliphatic rings. The zero-order chi connectivity index (χ0) is 14.5. The molecule has 0 spiro atoms. The van der Waals surface area contributed by atoms with Gasteiger partial charge in [-0.2, -0.15) is 0 Å². The Kier molecular flexibility index (Phi) is 3.49. The monoisotopic (exact) mass is 298 g/mol. The summed E-state index contributed by atoms with van der Waals surface area (Å²) >= 11 is 1.79. The average Bonchev–Trinajstić information content (AvgIpc) is 3.07. The number of nitrogens with one attached hydrogen (secondary N) is 1. The van der Waals surface area contributed by atoms with E-state index in [9.17, 15) is 14.7 Å². The number of rotatable bonds is 6. The number of unbranched alkanes of at least 4 members (excludes halogenated alkanes) is 2. The summed E-state index contributed by atoms with van der Waals surface area (Å²) in [4.78, 5) is 25.4. The molecular weight excluding hydrogens is 276 g/mol. The van der Waals surface area contributed by atoms with Crippen molar-refractivity contribution in [2.45, 2.75) is 62.2 Å². The van der Waals surface area contributed by atoms with Crippen molar-refractivity contribution in [1.29, 1.82) is 0 Å². The quantitative estimate of drug-likeness (QED) is 0.571. The van der Waals surface area contributed by atoms with E-state index in [1.165, 1.54) is 0 Å². The van der Waals surface area contributed by atoms with Crippen LogP contribution in [0, 0.1) is 5.41 Å². The molecule has 0 aromatic rings. The fraction of sp³-hybridized carbons (Fsp3) is 0.857. The average molecular weight is 298 g/mol. The van der Waals surface area contributed by atoms with E-state index in [2.05, 4.69) is 12.2 Å². The van der Waals surface area contributed by atoms with E-state index in [1.807, 2.05) is 6.92 Å². The smallest absolute Gasteiger partial charge is 0.327 e. The molecule has 2 saturated heterocycles. The van der Waals surface area contributed by atoms with Gasteiger partial charge < -0.3 is 15.3 Å². The zero-order valence-corrected chi connectivity index (χ0v) is 12.8. The van der Waals surface area contributed by atoms with Crippen molar-refractivity contribution >= 4 is 23.6 Å². The van der Waals surface area contributed by atoms with Crippen molar-refractivity contribution in [1.82, 2.24) is 10.2 Å². The van der Waals surface area contributed by atoms with E-state index in [0.717, 1.165) is 32.2 Å². The second-order valence-electron chi connectivity index (χ2n) is 6.35. The highest BCUT2D eigenvalue weighted by Crippen LogP contribution is 2.64. The summed E-state index contributed by atoms with van der Waals surface area (Å²) in [5.74, 6) is -0.879. The van der Waals surface area contributed by atoms with Gasteiger partial charge in [0.1, 0.15) is 17.5 Å². The molecule has 1 amide bonds. The summed E-state index contributed by atoms with van der Waals surface area (Å²) in [5.41, 5.74) is -0.212. The number of carboxylic acid groups (broad SMARTS) is 1. The molecule has 4 unspecified atom stereocenters. The largest absolute Gasteiger partial charge is 0.480 e. The number of carboxylic acids is 1. The molecule has 5 nitrogen and oxygen atoms in total. The molecule has 5 atom stereocenters. The van der Waals surface area contributed by atoms with Crippen LogP contribution in [-0.2, 0) is 9.59 Å². The van der Waals surface area contributed by atoms with Gasteiger partial charge in [-0.25, -0.2) is 4.79 Å². The van der Waals surface area contributed by atoms with Crippen molar-refractivity contribution < 1.29 is 14.7 Å². The first-order chi connectivity index (χ1) is 9.50. The first-order valence-electron chi connectivity index (χ1n) is 7.44. The second-order valence-corrected chi connectivity index (χ2v) is 7.67. The van der Waals surface area contributed by atoms with E-state index < -0.39 is 12.0 Å². The van der Waals surface area contributed by atoms with Crippen LogP contribution in [0.2, 0.25) is 0 Å². The lowest BCUT2D eigenvalue weighted by atomic mass is 9.91. The number of amides is 1. The SMILES string of the molecule is CCCCCNC1C(=O)N2C(C(=O)O)C3(C)CC3S[C@@H]12. The summed E-state index contributed by atoms with van der Waals surface area (Å²) in [6.07, 6.45) is 4.30. The molecule has 0 aromatic carbocycles. The van der Waals surface area contributed by atoms with E-state index >= 15 is 0 Å². The second kappa shape index (κ2) is 4.91. The highest BCUT2D eigenvalue weighted by molar-refractivity contribution is 8.01. The molecule has 6 heteroatoms. The van der Waals surface area contributed by atoms with Crippen LogP contribution in [0.15, 0.2) is 0 Å². The van der Waals surface area contributed by atoms with Crippen LogP contribution in [0.1, 0.15) is 39.5 Å². The van der Waals surface area contributed by atoms with Gasteiger partial charge in [-0.15, -0.1) is 11.8 Å². The predicted octanol–water partition coefficient (Wildman–Crippen LogP) is 1.28. The minimum Gasteiger partial charge on any atom is -0.480 e. The minimum absolute atomic E-state index is 0.0193. The maximum atomic E-state index is 12.3. The Morgan fingerprint density at radius 1 is 1.55 bits per heavy atom. The summed E-state index contributed by atoms with van der Waals surface area (Å²) in [6.45, 7) is 4.99. The first kappa shape index (κ1) is 14.2. The lowest BCUT2D eigenvalue weighted by molar-refractivity contribution is -0.165. The highest BCUT2D eigenvalue weighted by Gasteiger charge is 2.71. The summed E-state index contributed by atoms with van der Waals surface area (Å²) in [7, 11) is 0. The van der Waals surface area contributed by atoms with Crippen molar-refractivity contribution in [2.75, 3.05) is 6.54 Å². The van der Waals surface area contributed by atoms with Gasteiger partial charge >= 0.3 is 5.97 Å². The molecule has 112 valence electrons. The summed E-state index contributed by atoms with van der Waals surface area (Å²) in [5, 5.41) is 13.2. The molecule has 3 rings (SSSR count). The van der Waals surface area contributed by atoms with Gasteiger partial charge in [0.2, 0.25) is 5.91 Å². The van der Waals surface area contributed by atoms with Crippen molar-refractivity contribution in [3.05, 3.63) is 0 Å². The number of thioether (sulfide) groups is 1. The van der Waals surface area contributed by atoms with Gasteiger partial charge in [-0.1, -0.05) is 26.7 Å². The van der Waals surface area contributed by atoms with E-state index in [4.69, 9.17) is 0 Å². The molecule has 0 bridgehead atoms. The Hall–Kier alpha value is -0.750. The molecule has 1 saturated carbocycles. The van der Waals surface area contributed by atoms with Crippen LogP contribution >= 0.6 is 11.8 Å². The number of β-lactam (4-membered cyclic amide) rings is 1. The Bertz CT molecular complexity index is 444. The van der Waals surface area contributed by atoms with Gasteiger partial charge in [0.05, 0.1) is 0 Å². The number of fused-ring (bicyclic) bond motifs is 2. The highest BCUT2D eigenvalue weighted by atomic mass is 32.2. The van der Waals surface area contributed by atoms with E-state index in [1.54, 1.807) is 16.7 Å². The van der Waals surface area contributed by atoms with Crippen LogP contribution in [0.5, 0.6) is 0 Å². The van der Waals surface area contributed by atoms with Gasteiger partial charge in [0, 0.05) is 10.7 Å². The Labute approximate surface area is 123 Å². The minimum atomic E-state index is -0.849. The van der Waals surface area contributed by atoms with E-state index in [0.29, 0.717) is 5.25 Å². The van der Waals surface area contributed by atoms with Gasteiger partial charge in [-0.05, 0) is 19.4 Å². The van der Waals surface area contributed by atoms with Gasteiger partial charge in [0.25, 0.3) is 0 Å². The number of carbonyl (C=O) groups excluding carboxylic acids is 1. The van der Waals surface area contributed by atoms with Crippen LogP contribution < -0.4 is 5.32 Å². The Balaban J connectivity index is 1.64. The molecule has 3 fully saturated rings. The maximum absolute atomic E-state index is 12.3. The fourth-order valence-corrected chi connectivity index (χ4v) is 5.40. The lowest BCUT2D eigenvalue weighted by Crippen LogP contribution is -2.75. The normalized spacial score (nSPS) is 41.7. The van der Waals surface area contributed by atoms with Crippen molar-refractivity contribution in [3.8, 4) is 0 Å². The van der Waals surface area contributed by atoms with Crippen molar-refractivity contribution in [3.63, 3.8) is 0 Å². The predicted molar refractivity (Wildman–Crippen MR) is 77.5 cm³/mol. The zero-order valence-electron chi connectivity index (χ0n) is 12.0.